The first-order valence-electron chi connectivity index (χ1n) is 7.94. The molecule has 0 aromatic heterocycles. The Morgan fingerprint density at radius 3 is 2.58 bits per heavy atom. The first-order chi connectivity index (χ1) is 12.4. The molecule has 0 saturated carbocycles. The lowest BCUT2D eigenvalue weighted by molar-refractivity contribution is -0.149. The number of hydrogen-bond acceptors (Lipinski definition) is 7. The number of methoxy groups -OCH3 is 1. The van der Waals surface area contributed by atoms with E-state index in [1.807, 2.05) is 0 Å². The Bertz CT molecular complexity index is 728. The second-order valence-electron chi connectivity index (χ2n) is 5.46. The van der Waals surface area contributed by atoms with Crippen LogP contribution in [0.2, 0.25) is 0 Å². The van der Waals surface area contributed by atoms with Crippen LogP contribution in [0.5, 0.6) is 0 Å². The number of amides is 1. The summed E-state index contributed by atoms with van der Waals surface area (Å²) in [5, 5.41) is 2.44. The lowest BCUT2D eigenvalue weighted by Gasteiger charge is -2.28. The summed E-state index contributed by atoms with van der Waals surface area (Å²) in [5.41, 5.74) is -1.54. The lowest BCUT2D eigenvalue weighted by Crippen LogP contribution is -2.55. The van der Waals surface area contributed by atoms with Gasteiger partial charge in [0.1, 0.15) is 6.10 Å². The molecule has 8 heteroatoms. The summed E-state index contributed by atoms with van der Waals surface area (Å²) in [6, 6.07) is 8.13. The molecule has 1 N–H and O–H groups in total. The fourth-order valence-corrected chi connectivity index (χ4v) is 2.56. The number of esters is 3. The van der Waals surface area contributed by atoms with Gasteiger partial charge < -0.3 is 19.5 Å². The van der Waals surface area contributed by atoms with Crippen LogP contribution in [0.4, 0.5) is 0 Å². The molecule has 8 nitrogen and oxygen atoms in total. The third kappa shape index (κ3) is 4.08. The minimum absolute atomic E-state index is 0.146. The molecule has 1 amide bonds. The number of hydrogen-bond donors (Lipinski definition) is 1. The SMILES string of the molecule is CCOC(=O)/C=C\[C@@]1(C(=O)OC)NC(=O)C[C@@H]1OC(=O)c1ccccc1. The third-order valence-corrected chi connectivity index (χ3v) is 3.78. The second kappa shape index (κ2) is 8.28. The molecule has 0 spiro atoms. The fraction of sp³-hybridized carbons (Fsp3) is 0.333. The van der Waals surface area contributed by atoms with E-state index in [2.05, 4.69) is 5.32 Å². The maximum Gasteiger partial charge on any atom is 0.339 e. The van der Waals surface area contributed by atoms with Gasteiger partial charge in [-0.3, -0.25) is 4.79 Å². The van der Waals surface area contributed by atoms with Gasteiger partial charge in [-0.2, -0.15) is 0 Å². The van der Waals surface area contributed by atoms with Crippen LogP contribution < -0.4 is 5.32 Å². The Balaban J connectivity index is 2.31. The maximum atomic E-state index is 12.3. The standard InChI is InChI=1S/C18H19NO7/c1-3-25-15(21)9-10-18(17(23)24-2)13(11-14(20)19-18)26-16(22)12-7-5-4-6-8-12/h4-10,13H,3,11H2,1-2H3,(H,19,20)/b10-9-/t13-,18+/m0/s1. The molecule has 26 heavy (non-hydrogen) atoms. The maximum absolute atomic E-state index is 12.3. The molecule has 1 saturated heterocycles. The molecule has 1 heterocycles. The fourth-order valence-electron chi connectivity index (χ4n) is 2.56. The Hall–Kier alpha value is -3.16. The zero-order chi connectivity index (χ0) is 19.2. The summed E-state index contributed by atoms with van der Waals surface area (Å²) in [7, 11) is 1.13. The van der Waals surface area contributed by atoms with Crippen molar-refractivity contribution in [2.75, 3.05) is 13.7 Å². The van der Waals surface area contributed by atoms with Gasteiger partial charge in [-0.05, 0) is 25.1 Å². The van der Waals surface area contributed by atoms with Crippen LogP contribution >= 0.6 is 0 Å². The van der Waals surface area contributed by atoms with Crippen LogP contribution in [0.25, 0.3) is 0 Å². The van der Waals surface area contributed by atoms with E-state index in [0.29, 0.717) is 0 Å². The van der Waals surface area contributed by atoms with Gasteiger partial charge in [0.05, 0.1) is 25.7 Å². The van der Waals surface area contributed by atoms with E-state index in [4.69, 9.17) is 14.2 Å². The third-order valence-electron chi connectivity index (χ3n) is 3.78. The number of carbonyl (C=O) groups is 4. The summed E-state index contributed by atoms with van der Waals surface area (Å²) in [6.07, 6.45) is 0.696. The first kappa shape index (κ1) is 19.2. The topological polar surface area (TPSA) is 108 Å². The van der Waals surface area contributed by atoms with Crippen molar-refractivity contribution >= 4 is 23.8 Å². The molecule has 0 unspecified atom stereocenters. The molecule has 0 bridgehead atoms. The minimum atomic E-state index is -1.80. The van der Waals surface area contributed by atoms with E-state index in [1.54, 1.807) is 37.3 Å². The monoisotopic (exact) mass is 361 g/mol. The van der Waals surface area contributed by atoms with Gasteiger partial charge in [0.25, 0.3) is 0 Å². The highest BCUT2D eigenvalue weighted by Gasteiger charge is 2.54. The summed E-state index contributed by atoms with van der Waals surface area (Å²) in [4.78, 5) is 48.2. The number of carbonyl (C=O) groups excluding carboxylic acids is 4. The number of benzene rings is 1. The molecule has 1 fully saturated rings. The zero-order valence-electron chi connectivity index (χ0n) is 14.4. The van der Waals surface area contributed by atoms with Crippen LogP contribution in [0.3, 0.4) is 0 Å². The van der Waals surface area contributed by atoms with Crippen molar-refractivity contribution in [2.45, 2.75) is 25.0 Å². The zero-order valence-corrected chi connectivity index (χ0v) is 14.4. The number of nitrogens with one attached hydrogen (secondary N) is 1. The Morgan fingerprint density at radius 2 is 1.96 bits per heavy atom. The molecule has 1 aliphatic rings. The Morgan fingerprint density at radius 1 is 1.27 bits per heavy atom. The molecule has 1 aliphatic heterocycles. The quantitative estimate of drug-likeness (QED) is 0.453. The van der Waals surface area contributed by atoms with Crippen molar-refractivity contribution in [2.24, 2.45) is 0 Å². The van der Waals surface area contributed by atoms with Crippen molar-refractivity contribution in [1.82, 2.24) is 5.32 Å². The highest BCUT2D eigenvalue weighted by Crippen LogP contribution is 2.28. The molecule has 1 aromatic carbocycles. The molecular weight excluding hydrogens is 342 g/mol. The van der Waals surface area contributed by atoms with Crippen molar-refractivity contribution in [3.05, 3.63) is 48.0 Å². The summed E-state index contributed by atoms with van der Waals surface area (Å²) in [5.74, 6) is -2.79. The molecular formula is C18H19NO7. The summed E-state index contributed by atoms with van der Waals surface area (Å²) < 4.78 is 14.9. The van der Waals surface area contributed by atoms with Crippen LogP contribution in [0, 0.1) is 0 Å². The van der Waals surface area contributed by atoms with E-state index >= 15 is 0 Å². The van der Waals surface area contributed by atoms with Gasteiger partial charge in [0, 0.05) is 6.08 Å². The van der Waals surface area contributed by atoms with Crippen LogP contribution in [0.1, 0.15) is 23.7 Å². The van der Waals surface area contributed by atoms with Crippen molar-refractivity contribution < 1.29 is 33.4 Å². The summed E-state index contributed by atoms with van der Waals surface area (Å²) >= 11 is 0. The Kier molecular flexibility index (Phi) is 6.11. The molecule has 2 atom stereocenters. The van der Waals surface area contributed by atoms with E-state index in [1.165, 1.54) is 0 Å². The number of ether oxygens (including phenoxy) is 3. The van der Waals surface area contributed by atoms with Crippen molar-refractivity contribution in [3.8, 4) is 0 Å². The van der Waals surface area contributed by atoms with Gasteiger partial charge in [0.15, 0.2) is 5.54 Å². The van der Waals surface area contributed by atoms with E-state index in [-0.39, 0.29) is 18.6 Å². The predicted molar refractivity (Wildman–Crippen MR) is 88.9 cm³/mol. The molecule has 0 aliphatic carbocycles. The van der Waals surface area contributed by atoms with Crippen LogP contribution in [0.15, 0.2) is 42.5 Å². The van der Waals surface area contributed by atoms with Gasteiger partial charge in [-0.15, -0.1) is 0 Å². The van der Waals surface area contributed by atoms with Gasteiger partial charge >= 0.3 is 17.9 Å². The first-order valence-corrected chi connectivity index (χ1v) is 7.94. The predicted octanol–water partition coefficient (Wildman–Crippen LogP) is 0.763. The largest absolute Gasteiger partial charge is 0.467 e. The Labute approximate surface area is 150 Å². The minimum Gasteiger partial charge on any atom is -0.467 e. The van der Waals surface area contributed by atoms with Crippen molar-refractivity contribution in [1.29, 1.82) is 0 Å². The highest BCUT2D eigenvalue weighted by atomic mass is 16.6. The molecule has 0 radical (unpaired) electrons. The number of rotatable bonds is 6. The summed E-state index contributed by atoms with van der Waals surface area (Å²) in [6.45, 7) is 1.77. The highest BCUT2D eigenvalue weighted by molar-refractivity contribution is 5.98. The lowest BCUT2D eigenvalue weighted by atomic mass is 9.93. The van der Waals surface area contributed by atoms with E-state index < -0.39 is 35.5 Å². The smallest absolute Gasteiger partial charge is 0.339 e. The van der Waals surface area contributed by atoms with Crippen molar-refractivity contribution in [3.63, 3.8) is 0 Å². The van der Waals surface area contributed by atoms with Gasteiger partial charge in [-0.1, -0.05) is 18.2 Å². The molecule has 138 valence electrons. The van der Waals surface area contributed by atoms with Gasteiger partial charge in [0.2, 0.25) is 5.91 Å². The average molecular weight is 361 g/mol. The molecule has 1 aromatic rings. The molecule has 2 rings (SSSR count). The van der Waals surface area contributed by atoms with E-state index in [0.717, 1.165) is 19.3 Å². The van der Waals surface area contributed by atoms with Gasteiger partial charge in [-0.25, -0.2) is 14.4 Å². The average Bonchev–Trinajstić information content (AvgIpc) is 2.96. The second-order valence-corrected chi connectivity index (χ2v) is 5.46. The van der Waals surface area contributed by atoms with Crippen LogP contribution in [-0.2, 0) is 28.6 Å². The normalized spacial score (nSPS) is 21.9. The van der Waals surface area contributed by atoms with E-state index in [9.17, 15) is 19.2 Å². The van der Waals surface area contributed by atoms with Crippen LogP contribution in [-0.4, -0.2) is 49.2 Å².